The van der Waals surface area contributed by atoms with Crippen LogP contribution in [0.25, 0.3) is 0 Å². The Morgan fingerprint density at radius 2 is 2.23 bits per heavy atom. The van der Waals surface area contributed by atoms with Gasteiger partial charge in [0.05, 0.1) is 18.1 Å². The molecular weight excluding hydrogens is 168 g/mol. The lowest BCUT2D eigenvalue weighted by atomic mass is 10.5. The lowest BCUT2D eigenvalue weighted by Crippen LogP contribution is -2.05. The first-order chi connectivity index (χ1) is 6.34. The van der Waals surface area contributed by atoms with Gasteiger partial charge in [0.15, 0.2) is 5.82 Å². The number of nitrogens with two attached hydrogens (primary N) is 1. The minimum atomic E-state index is 0.406. The fraction of sp³-hybridized carbons (Fsp3) is 0.143. The van der Waals surface area contributed by atoms with E-state index >= 15 is 0 Å². The van der Waals surface area contributed by atoms with Crippen molar-refractivity contribution >= 4 is 5.82 Å². The van der Waals surface area contributed by atoms with E-state index in [9.17, 15) is 0 Å². The quantitative estimate of drug-likeness (QED) is 0.679. The molecule has 0 fully saturated rings. The van der Waals surface area contributed by atoms with Gasteiger partial charge in [-0.05, 0) is 0 Å². The predicted molar refractivity (Wildman–Crippen MR) is 45.6 cm³/mol. The lowest BCUT2D eigenvalue weighted by molar-refractivity contribution is 0.582. The SMILES string of the molecule is Nc1cnn(Cc2cnccn2)n1. The second-order valence-corrected chi connectivity index (χ2v) is 2.50. The summed E-state index contributed by atoms with van der Waals surface area (Å²) in [6, 6.07) is 0. The lowest BCUT2D eigenvalue weighted by Gasteiger charge is -1.96. The molecule has 13 heavy (non-hydrogen) atoms. The maximum absolute atomic E-state index is 5.40. The first kappa shape index (κ1) is 7.66. The largest absolute Gasteiger partial charge is 0.381 e. The van der Waals surface area contributed by atoms with E-state index in [4.69, 9.17) is 5.73 Å². The minimum Gasteiger partial charge on any atom is -0.381 e. The van der Waals surface area contributed by atoms with Crippen LogP contribution in [0, 0.1) is 0 Å². The molecule has 0 spiro atoms. The highest BCUT2D eigenvalue weighted by atomic mass is 15.5. The third-order valence-electron chi connectivity index (χ3n) is 1.47. The Balaban J connectivity index is 2.15. The van der Waals surface area contributed by atoms with Crippen molar-refractivity contribution in [2.45, 2.75) is 6.54 Å². The summed E-state index contributed by atoms with van der Waals surface area (Å²) >= 11 is 0. The fourth-order valence-electron chi connectivity index (χ4n) is 0.943. The number of hydrogen-bond acceptors (Lipinski definition) is 5. The van der Waals surface area contributed by atoms with Crippen LogP contribution in [0.1, 0.15) is 5.69 Å². The van der Waals surface area contributed by atoms with Crippen LogP contribution >= 0.6 is 0 Å². The summed E-state index contributed by atoms with van der Waals surface area (Å²) in [6.07, 6.45) is 6.41. The smallest absolute Gasteiger partial charge is 0.165 e. The van der Waals surface area contributed by atoms with Gasteiger partial charge in [0.2, 0.25) is 0 Å². The maximum atomic E-state index is 5.40. The molecule has 2 heterocycles. The predicted octanol–water partition coefficient (Wildman–Crippen LogP) is -0.301. The van der Waals surface area contributed by atoms with Crippen molar-refractivity contribution in [1.82, 2.24) is 25.0 Å². The van der Waals surface area contributed by atoms with Gasteiger partial charge in [-0.15, -0.1) is 5.10 Å². The van der Waals surface area contributed by atoms with E-state index < -0.39 is 0 Å². The highest BCUT2D eigenvalue weighted by Gasteiger charge is 1.98. The van der Waals surface area contributed by atoms with E-state index in [-0.39, 0.29) is 0 Å². The Morgan fingerprint density at radius 1 is 1.31 bits per heavy atom. The molecule has 0 bridgehead atoms. The molecule has 6 nitrogen and oxygen atoms in total. The van der Waals surface area contributed by atoms with Gasteiger partial charge in [-0.3, -0.25) is 9.97 Å². The molecule has 2 rings (SSSR count). The number of rotatable bonds is 2. The summed E-state index contributed by atoms with van der Waals surface area (Å²) in [7, 11) is 0. The van der Waals surface area contributed by atoms with E-state index in [1.54, 1.807) is 18.6 Å². The molecule has 2 aromatic rings. The Morgan fingerprint density at radius 3 is 2.85 bits per heavy atom. The zero-order valence-electron chi connectivity index (χ0n) is 6.83. The average Bonchev–Trinajstić information content (AvgIpc) is 2.53. The molecule has 0 aliphatic rings. The molecule has 0 aromatic carbocycles. The molecular formula is C7H8N6. The topological polar surface area (TPSA) is 82.5 Å². The van der Waals surface area contributed by atoms with Crippen LogP contribution in [-0.4, -0.2) is 25.0 Å². The van der Waals surface area contributed by atoms with Crippen LogP contribution in [0.2, 0.25) is 0 Å². The molecule has 2 aromatic heterocycles. The second kappa shape index (κ2) is 3.18. The monoisotopic (exact) mass is 176 g/mol. The second-order valence-electron chi connectivity index (χ2n) is 2.50. The molecule has 0 radical (unpaired) electrons. The number of nitrogens with zero attached hydrogens (tertiary/aromatic N) is 5. The van der Waals surface area contributed by atoms with E-state index in [0.717, 1.165) is 5.69 Å². The molecule has 0 atom stereocenters. The summed E-state index contributed by atoms with van der Waals surface area (Å²) in [4.78, 5) is 9.48. The minimum absolute atomic E-state index is 0.406. The van der Waals surface area contributed by atoms with Crippen molar-refractivity contribution in [1.29, 1.82) is 0 Å². The van der Waals surface area contributed by atoms with Crippen molar-refractivity contribution < 1.29 is 0 Å². The maximum Gasteiger partial charge on any atom is 0.165 e. The van der Waals surface area contributed by atoms with Gasteiger partial charge in [-0.2, -0.15) is 9.90 Å². The number of anilines is 1. The van der Waals surface area contributed by atoms with Crippen LogP contribution in [0.3, 0.4) is 0 Å². The summed E-state index contributed by atoms with van der Waals surface area (Å²) < 4.78 is 0. The molecule has 0 amide bonds. The van der Waals surface area contributed by atoms with Gasteiger partial charge in [0, 0.05) is 12.4 Å². The van der Waals surface area contributed by atoms with Gasteiger partial charge in [-0.25, -0.2) is 0 Å². The molecule has 0 unspecified atom stereocenters. The zero-order valence-corrected chi connectivity index (χ0v) is 6.83. The van der Waals surface area contributed by atoms with Crippen molar-refractivity contribution in [3.05, 3.63) is 30.5 Å². The van der Waals surface area contributed by atoms with Gasteiger partial charge in [0.25, 0.3) is 0 Å². The van der Waals surface area contributed by atoms with Crippen LogP contribution < -0.4 is 5.73 Å². The highest BCUT2D eigenvalue weighted by molar-refractivity contribution is 5.19. The standard InChI is InChI=1S/C7H8N6/c8-7-4-11-13(12-7)5-6-3-9-1-2-10-6/h1-4H,5H2,(H2,8,12). The molecule has 0 saturated heterocycles. The fourth-order valence-corrected chi connectivity index (χ4v) is 0.943. The van der Waals surface area contributed by atoms with Crippen LogP contribution in [0.5, 0.6) is 0 Å². The molecule has 2 N–H and O–H groups in total. The zero-order chi connectivity index (χ0) is 9.10. The van der Waals surface area contributed by atoms with Crippen LogP contribution in [0.4, 0.5) is 5.82 Å². The van der Waals surface area contributed by atoms with E-state index in [1.165, 1.54) is 11.0 Å². The first-order valence-corrected chi connectivity index (χ1v) is 3.75. The van der Waals surface area contributed by atoms with Crippen molar-refractivity contribution in [2.24, 2.45) is 0 Å². The van der Waals surface area contributed by atoms with Gasteiger partial charge in [-0.1, -0.05) is 0 Å². The Kier molecular flexibility index (Phi) is 1.87. The summed E-state index contributed by atoms with van der Waals surface area (Å²) in [6.45, 7) is 0.491. The average molecular weight is 176 g/mol. The van der Waals surface area contributed by atoms with Gasteiger partial charge >= 0.3 is 0 Å². The van der Waals surface area contributed by atoms with Gasteiger partial charge in [0.1, 0.15) is 6.54 Å². The normalized spacial score (nSPS) is 10.2. The molecule has 0 saturated carbocycles. The van der Waals surface area contributed by atoms with Crippen molar-refractivity contribution in [3.8, 4) is 0 Å². The molecule has 66 valence electrons. The van der Waals surface area contributed by atoms with Crippen LogP contribution in [0.15, 0.2) is 24.8 Å². The van der Waals surface area contributed by atoms with Crippen LogP contribution in [-0.2, 0) is 6.54 Å². The number of hydrogen-bond donors (Lipinski definition) is 1. The number of aromatic nitrogens is 5. The van der Waals surface area contributed by atoms with E-state index in [1.807, 2.05) is 0 Å². The Labute approximate surface area is 74.4 Å². The third-order valence-corrected chi connectivity index (χ3v) is 1.47. The van der Waals surface area contributed by atoms with Gasteiger partial charge < -0.3 is 5.73 Å². The molecule has 6 heteroatoms. The third kappa shape index (κ3) is 1.78. The number of nitrogen functional groups attached to an aromatic ring is 1. The highest BCUT2D eigenvalue weighted by Crippen LogP contribution is 1.95. The van der Waals surface area contributed by atoms with E-state index in [0.29, 0.717) is 12.4 Å². The van der Waals surface area contributed by atoms with Crippen molar-refractivity contribution in [3.63, 3.8) is 0 Å². The summed E-state index contributed by atoms with van der Waals surface area (Å²) in [5, 5.41) is 7.85. The van der Waals surface area contributed by atoms with Crippen molar-refractivity contribution in [2.75, 3.05) is 5.73 Å². The molecule has 0 aliphatic carbocycles. The summed E-state index contributed by atoms with van der Waals surface area (Å²) in [5.41, 5.74) is 6.21. The van der Waals surface area contributed by atoms with E-state index in [2.05, 4.69) is 20.2 Å². The Hall–Kier alpha value is -1.98. The first-order valence-electron chi connectivity index (χ1n) is 3.75. The summed E-state index contributed by atoms with van der Waals surface area (Å²) in [5.74, 6) is 0.406. The Bertz CT molecular complexity index is 381. The molecule has 0 aliphatic heterocycles.